The molecule has 2 nitrogen and oxygen atoms in total. The lowest BCUT2D eigenvalue weighted by Gasteiger charge is -2.42. The molecule has 0 amide bonds. The molecule has 0 radical (unpaired) electrons. The molecule has 0 aromatic carbocycles. The normalized spacial score (nSPS) is 23.7. The van der Waals surface area contributed by atoms with E-state index in [2.05, 4.69) is 13.8 Å². The molecule has 0 aliphatic heterocycles. The van der Waals surface area contributed by atoms with Gasteiger partial charge in [-0.3, -0.25) is 0 Å². The van der Waals surface area contributed by atoms with Crippen molar-refractivity contribution >= 4 is 8.56 Å². The molecule has 0 saturated heterocycles. The van der Waals surface area contributed by atoms with Crippen molar-refractivity contribution in [3.63, 3.8) is 0 Å². The summed E-state index contributed by atoms with van der Waals surface area (Å²) in [4.78, 5) is 0. The summed E-state index contributed by atoms with van der Waals surface area (Å²) in [6, 6.07) is 0. The van der Waals surface area contributed by atoms with Gasteiger partial charge in [0.2, 0.25) is 0 Å². The first kappa shape index (κ1) is 17.5. The molecule has 2 saturated carbocycles. The van der Waals surface area contributed by atoms with Crippen molar-refractivity contribution in [3.05, 3.63) is 0 Å². The van der Waals surface area contributed by atoms with E-state index in [1.54, 1.807) is 0 Å². The minimum atomic E-state index is -2.06. The highest BCUT2D eigenvalue weighted by Crippen LogP contribution is 2.48. The Kier molecular flexibility index (Phi) is 7.76. The lowest BCUT2D eigenvalue weighted by atomic mass is 10.2. The van der Waals surface area contributed by atoms with E-state index < -0.39 is 8.56 Å². The van der Waals surface area contributed by atoms with Gasteiger partial charge in [-0.25, -0.2) is 0 Å². The van der Waals surface area contributed by atoms with Crippen molar-refractivity contribution in [2.75, 3.05) is 13.2 Å². The molecule has 2 aliphatic rings. The minimum absolute atomic E-state index is 0.753. The van der Waals surface area contributed by atoms with Gasteiger partial charge < -0.3 is 8.85 Å². The van der Waals surface area contributed by atoms with Crippen LogP contribution in [0, 0.1) is 0 Å². The summed E-state index contributed by atoms with van der Waals surface area (Å²) in [5.74, 6) is 0. The lowest BCUT2D eigenvalue weighted by Crippen LogP contribution is -2.51. The van der Waals surface area contributed by atoms with E-state index in [9.17, 15) is 0 Å². The van der Waals surface area contributed by atoms with E-state index in [1.807, 2.05) is 0 Å². The largest absolute Gasteiger partial charge is 0.394 e. The van der Waals surface area contributed by atoms with Gasteiger partial charge in [0.1, 0.15) is 0 Å². The highest BCUT2D eigenvalue weighted by Gasteiger charge is 2.51. The Balaban J connectivity index is 2.20. The molecule has 124 valence electrons. The molecule has 0 spiro atoms. The molecule has 0 atom stereocenters. The van der Waals surface area contributed by atoms with Crippen molar-refractivity contribution in [2.24, 2.45) is 0 Å². The van der Waals surface area contributed by atoms with E-state index in [0.29, 0.717) is 0 Å². The van der Waals surface area contributed by atoms with Gasteiger partial charge in [-0.15, -0.1) is 0 Å². The van der Waals surface area contributed by atoms with Crippen LogP contribution in [0.5, 0.6) is 0 Å². The number of hydrogen-bond donors (Lipinski definition) is 0. The molecule has 2 fully saturated rings. The molecule has 0 aromatic rings. The van der Waals surface area contributed by atoms with Crippen LogP contribution in [0.1, 0.15) is 90.9 Å². The van der Waals surface area contributed by atoms with Crippen molar-refractivity contribution < 1.29 is 8.85 Å². The maximum absolute atomic E-state index is 6.58. The minimum Gasteiger partial charge on any atom is -0.394 e. The summed E-state index contributed by atoms with van der Waals surface area (Å²) in [6.07, 6.45) is 16.7. The molecule has 0 bridgehead atoms. The maximum Gasteiger partial charge on any atom is 0.344 e. The fourth-order valence-corrected chi connectivity index (χ4v) is 9.68. The van der Waals surface area contributed by atoms with Crippen LogP contribution in [0.15, 0.2) is 0 Å². The summed E-state index contributed by atoms with van der Waals surface area (Å²) < 4.78 is 13.2. The zero-order valence-electron chi connectivity index (χ0n) is 14.4. The first-order chi connectivity index (χ1) is 10.3. The van der Waals surface area contributed by atoms with Crippen molar-refractivity contribution in [2.45, 2.75) is 102 Å². The second kappa shape index (κ2) is 9.31. The molecule has 2 rings (SSSR count). The predicted octanol–water partition coefficient (Wildman–Crippen LogP) is 5.95. The van der Waals surface area contributed by atoms with Gasteiger partial charge in [0.15, 0.2) is 0 Å². The van der Waals surface area contributed by atoms with Crippen LogP contribution in [0.2, 0.25) is 11.1 Å². The maximum atomic E-state index is 6.58. The van der Waals surface area contributed by atoms with Gasteiger partial charge in [0.25, 0.3) is 0 Å². The van der Waals surface area contributed by atoms with Crippen LogP contribution in [0.3, 0.4) is 0 Å². The highest BCUT2D eigenvalue weighted by molar-refractivity contribution is 6.70. The van der Waals surface area contributed by atoms with E-state index in [0.717, 1.165) is 24.3 Å². The second-order valence-electron chi connectivity index (χ2n) is 6.96. The molecule has 0 N–H and O–H groups in total. The summed E-state index contributed by atoms with van der Waals surface area (Å²) in [7, 11) is -2.06. The molecule has 0 aromatic heterocycles. The van der Waals surface area contributed by atoms with Crippen LogP contribution >= 0.6 is 0 Å². The quantitative estimate of drug-likeness (QED) is 0.445. The Morgan fingerprint density at radius 1 is 0.619 bits per heavy atom. The third-order valence-corrected chi connectivity index (χ3v) is 10.5. The van der Waals surface area contributed by atoms with Gasteiger partial charge in [-0.2, -0.15) is 0 Å². The zero-order chi connectivity index (χ0) is 15.0. The van der Waals surface area contributed by atoms with Crippen LogP contribution in [0.4, 0.5) is 0 Å². The van der Waals surface area contributed by atoms with E-state index in [4.69, 9.17) is 8.85 Å². The molecule has 2 aliphatic carbocycles. The van der Waals surface area contributed by atoms with Gasteiger partial charge in [0.05, 0.1) is 0 Å². The monoisotopic (exact) mass is 312 g/mol. The summed E-state index contributed by atoms with van der Waals surface area (Å²) in [5.41, 5.74) is 1.51. The fourth-order valence-electron chi connectivity index (χ4n) is 4.66. The first-order valence-corrected chi connectivity index (χ1v) is 11.6. The second-order valence-corrected chi connectivity index (χ2v) is 10.6. The third kappa shape index (κ3) is 4.55. The van der Waals surface area contributed by atoms with Crippen molar-refractivity contribution in [1.82, 2.24) is 0 Å². The van der Waals surface area contributed by atoms with Crippen molar-refractivity contribution in [1.29, 1.82) is 0 Å². The average Bonchev–Trinajstić information content (AvgIpc) is 2.92. The zero-order valence-corrected chi connectivity index (χ0v) is 15.4. The SMILES string of the molecule is CCO[Si](OCC)(C1CCCCCC1)C1CCCCCC1. The summed E-state index contributed by atoms with van der Waals surface area (Å²) in [6.45, 7) is 6.04. The highest BCUT2D eigenvalue weighted by atomic mass is 28.4. The van der Waals surface area contributed by atoms with Gasteiger partial charge >= 0.3 is 8.56 Å². The van der Waals surface area contributed by atoms with Gasteiger partial charge in [-0.05, 0) is 39.5 Å². The Morgan fingerprint density at radius 3 is 1.24 bits per heavy atom. The van der Waals surface area contributed by atoms with Gasteiger partial charge in [0, 0.05) is 24.3 Å². The predicted molar refractivity (Wildman–Crippen MR) is 91.9 cm³/mol. The first-order valence-electron chi connectivity index (χ1n) is 9.61. The van der Waals surface area contributed by atoms with Crippen molar-refractivity contribution in [3.8, 4) is 0 Å². The standard InChI is InChI=1S/C18H36O2Si/c1-3-19-21(20-4-2,17-13-9-5-6-10-14-17)18-15-11-7-8-12-16-18/h17-18H,3-16H2,1-2H3. The van der Waals surface area contributed by atoms with Crippen LogP contribution in [-0.2, 0) is 8.85 Å². The molecule has 0 unspecified atom stereocenters. The molecular formula is C18H36O2Si. The van der Waals surface area contributed by atoms with E-state index in [-0.39, 0.29) is 0 Å². The number of hydrogen-bond acceptors (Lipinski definition) is 2. The summed E-state index contributed by atoms with van der Waals surface area (Å²) >= 11 is 0. The molecule has 21 heavy (non-hydrogen) atoms. The number of rotatable bonds is 6. The van der Waals surface area contributed by atoms with Crippen LogP contribution < -0.4 is 0 Å². The van der Waals surface area contributed by atoms with E-state index >= 15 is 0 Å². The summed E-state index contributed by atoms with van der Waals surface area (Å²) in [5, 5.41) is 0. The average molecular weight is 313 g/mol. The topological polar surface area (TPSA) is 18.5 Å². The smallest absolute Gasteiger partial charge is 0.344 e. The lowest BCUT2D eigenvalue weighted by molar-refractivity contribution is 0.154. The Morgan fingerprint density at radius 2 is 0.952 bits per heavy atom. The van der Waals surface area contributed by atoms with Crippen LogP contribution in [0.25, 0.3) is 0 Å². The Labute approximate surface area is 133 Å². The fraction of sp³-hybridized carbons (Fsp3) is 1.00. The Bertz CT molecular complexity index is 238. The molecule has 3 heteroatoms. The van der Waals surface area contributed by atoms with Crippen LogP contribution in [-0.4, -0.2) is 21.8 Å². The Hall–Kier alpha value is 0.137. The molecular weight excluding hydrogens is 276 g/mol. The van der Waals surface area contributed by atoms with Gasteiger partial charge in [-0.1, -0.05) is 51.4 Å². The molecule has 0 heterocycles. The third-order valence-electron chi connectivity index (χ3n) is 5.59. The van der Waals surface area contributed by atoms with E-state index in [1.165, 1.54) is 77.0 Å².